The Morgan fingerprint density at radius 2 is 2.07 bits per heavy atom. The van der Waals surface area contributed by atoms with Crippen LogP contribution in [0.1, 0.15) is 48.8 Å². The molecule has 0 radical (unpaired) electrons. The topological polar surface area (TPSA) is 64.6 Å². The number of carbonyl (C=O) groups is 1. The van der Waals surface area contributed by atoms with E-state index in [1.807, 2.05) is 17.2 Å². The van der Waals surface area contributed by atoms with Crippen molar-refractivity contribution < 1.29 is 14.3 Å². The highest BCUT2D eigenvalue weighted by molar-refractivity contribution is 5.77. The summed E-state index contributed by atoms with van der Waals surface area (Å²) in [6, 6.07) is 6.15. The van der Waals surface area contributed by atoms with E-state index in [0.717, 1.165) is 61.7 Å². The van der Waals surface area contributed by atoms with Gasteiger partial charge in [-0.05, 0) is 60.8 Å². The summed E-state index contributed by atoms with van der Waals surface area (Å²) in [5.74, 6) is 2.59. The SMILES string of the molecule is C[C@@]1(Cc2ccc3c(c2)OCO3)CCC(=O)N(Cc2ncc3c(n2)CCC3)C1. The van der Waals surface area contributed by atoms with Crippen LogP contribution in [0.5, 0.6) is 11.5 Å². The summed E-state index contributed by atoms with van der Waals surface area (Å²) in [4.78, 5) is 23.7. The summed E-state index contributed by atoms with van der Waals surface area (Å²) < 4.78 is 10.9. The zero-order valence-corrected chi connectivity index (χ0v) is 16.2. The van der Waals surface area contributed by atoms with E-state index in [2.05, 4.69) is 24.0 Å². The van der Waals surface area contributed by atoms with E-state index in [1.165, 1.54) is 11.1 Å². The first-order valence-electron chi connectivity index (χ1n) is 10.1. The number of hydrogen-bond donors (Lipinski definition) is 0. The van der Waals surface area contributed by atoms with E-state index in [9.17, 15) is 4.79 Å². The largest absolute Gasteiger partial charge is 0.454 e. The van der Waals surface area contributed by atoms with E-state index in [-0.39, 0.29) is 11.3 Å². The highest BCUT2D eigenvalue weighted by atomic mass is 16.7. The first-order chi connectivity index (χ1) is 13.6. The number of ether oxygens (including phenoxy) is 2. The molecule has 1 atom stereocenters. The predicted molar refractivity (Wildman–Crippen MR) is 103 cm³/mol. The molecule has 3 aliphatic rings. The summed E-state index contributed by atoms with van der Waals surface area (Å²) in [6.07, 6.45) is 7.58. The van der Waals surface area contributed by atoms with Crippen molar-refractivity contribution >= 4 is 5.91 Å². The molecule has 2 aromatic rings. The molecule has 146 valence electrons. The first-order valence-corrected chi connectivity index (χ1v) is 10.1. The Kier molecular flexibility index (Phi) is 4.22. The van der Waals surface area contributed by atoms with Gasteiger partial charge in [0, 0.05) is 24.9 Å². The zero-order valence-electron chi connectivity index (χ0n) is 16.2. The summed E-state index contributed by atoms with van der Waals surface area (Å²) in [5.41, 5.74) is 3.67. The number of rotatable bonds is 4. The van der Waals surface area contributed by atoms with Crippen molar-refractivity contribution in [2.75, 3.05) is 13.3 Å². The molecule has 5 rings (SSSR count). The van der Waals surface area contributed by atoms with Gasteiger partial charge in [-0.3, -0.25) is 4.79 Å². The third-order valence-electron chi connectivity index (χ3n) is 6.13. The van der Waals surface area contributed by atoms with Gasteiger partial charge in [0.25, 0.3) is 0 Å². The average molecular weight is 379 g/mol. The van der Waals surface area contributed by atoms with Crippen molar-refractivity contribution in [3.05, 3.63) is 47.0 Å². The smallest absolute Gasteiger partial charge is 0.231 e. The third-order valence-corrected chi connectivity index (χ3v) is 6.13. The Labute approximate surface area is 164 Å². The van der Waals surface area contributed by atoms with Crippen LogP contribution in [0.4, 0.5) is 0 Å². The van der Waals surface area contributed by atoms with Crippen LogP contribution in [0.3, 0.4) is 0 Å². The van der Waals surface area contributed by atoms with Crippen molar-refractivity contribution in [1.29, 1.82) is 0 Å². The van der Waals surface area contributed by atoms with Crippen LogP contribution >= 0.6 is 0 Å². The van der Waals surface area contributed by atoms with Gasteiger partial charge in [0.05, 0.1) is 6.54 Å². The fraction of sp³-hybridized carbons (Fsp3) is 0.500. The quantitative estimate of drug-likeness (QED) is 0.817. The summed E-state index contributed by atoms with van der Waals surface area (Å²) in [7, 11) is 0. The Morgan fingerprint density at radius 1 is 1.18 bits per heavy atom. The second kappa shape index (κ2) is 6.76. The Bertz CT molecular complexity index is 929. The molecule has 0 saturated carbocycles. The number of aromatic nitrogens is 2. The Balaban J connectivity index is 1.30. The van der Waals surface area contributed by atoms with Crippen molar-refractivity contribution in [2.45, 2.75) is 52.0 Å². The lowest BCUT2D eigenvalue weighted by molar-refractivity contribution is -0.138. The van der Waals surface area contributed by atoms with E-state index < -0.39 is 0 Å². The fourth-order valence-corrected chi connectivity index (χ4v) is 4.63. The van der Waals surface area contributed by atoms with Crippen molar-refractivity contribution in [3.8, 4) is 11.5 Å². The molecule has 0 bridgehead atoms. The highest BCUT2D eigenvalue weighted by Crippen LogP contribution is 2.38. The van der Waals surface area contributed by atoms with Crippen LogP contribution in [-0.2, 0) is 30.6 Å². The zero-order chi connectivity index (χ0) is 19.1. The average Bonchev–Trinajstić information content (AvgIpc) is 3.33. The molecule has 6 heteroatoms. The minimum absolute atomic E-state index is 0.0261. The molecule has 1 amide bonds. The van der Waals surface area contributed by atoms with Crippen LogP contribution in [0.15, 0.2) is 24.4 Å². The van der Waals surface area contributed by atoms with Crippen LogP contribution in [-0.4, -0.2) is 34.1 Å². The normalized spacial score (nSPS) is 23.2. The number of piperidine rings is 1. The number of amides is 1. The van der Waals surface area contributed by atoms with E-state index in [1.54, 1.807) is 0 Å². The molecular weight excluding hydrogens is 354 g/mol. The molecule has 28 heavy (non-hydrogen) atoms. The number of fused-ring (bicyclic) bond motifs is 2. The molecule has 3 heterocycles. The van der Waals surface area contributed by atoms with Gasteiger partial charge in [-0.2, -0.15) is 0 Å². The molecule has 6 nitrogen and oxygen atoms in total. The molecule has 1 saturated heterocycles. The summed E-state index contributed by atoms with van der Waals surface area (Å²) >= 11 is 0. The van der Waals surface area contributed by atoms with Crippen LogP contribution < -0.4 is 9.47 Å². The van der Waals surface area contributed by atoms with E-state index >= 15 is 0 Å². The van der Waals surface area contributed by atoms with Crippen LogP contribution in [0.2, 0.25) is 0 Å². The first kappa shape index (κ1) is 17.5. The maximum Gasteiger partial charge on any atom is 0.231 e. The maximum absolute atomic E-state index is 12.6. The van der Waals surface area contributed by atoms with Gasteiger partial charge >= 0.3 is 0 Å². The summed E-state index contributed by atoms with van der Waals surface area (Å²) in [5, 5.41) is 0. The Hall–Kier alpha value is -2.63. The highest BCUT2D eigenvalue weighted by Gasteiger charge is 2.35. The van der Waals surface area contributed by atoms with Crippen molar-refractivity contribution in [1.82, 2.24) is 14.9 Å². The number of benzene rings is 1. The number of nitrogens with zero attached hydrogens (tertiary/aromatic N) is 3. The third kappa shape index (κ3) is 3.32. The minimum Gasteiger partial charge on any atom is -0.454 e. The van der Waals surface area contributed by atoms with Crippen molar-refractivity contribution in [2.24, 2.45) is 5.41 Å². The van der Waals surface area contributed by atoms with Gasteiger partial charge in [0.15, 0.2) is 11.5 Å². The number of carbonyl (C=O) groups excluding carboxylic acids is 1. The molecule has 1 aromatic heterocycles. The molecule has 2 aliphatic heterocycles. The lowest BCUT2D eigenvalue weighted by atomic mass is 9.76. The van der Waals surface area contributed by atoms with Crippen molar-refractivity contribution in [3.63, 3.8) is 0 Å². The monoisotopic (exact) mass is 379 g/mol. The summed E-state index contributed by atoms with van der Waals surface area (Å²) in [6.45, 7) is 3.78. The van der Waals surface area contributed by atoms with E-state index in [0.29, 0.717) is 19.8 Å². The second-order valence-electron chi connectivity index (χ2n) is 8.54. The number of aryl methyl sites for hydroxylation is 2. The van der Waals surface area contributed by atoms with Gasteiger partial charge in [0.2, 0.25) is 12.7 Å². The molecule has 0 spiro atoms. The van der Waals surface area contributed by atoms with Gasteiger partial charge in [-0.15, -0.1) is 0 Å². The lowest BCUT2D eigenvalue weighted by Gasteiger charge is -2.40. The fourth-order valence-electron chi connectivity index (χ4n) is 4.63. The molecule has 0 unspecified atom stereocenters. The van der Waals surface area contributed by atoms with Crippen LogP contribution in [0, 0.1) is 5.41 Å². The van der Waals surface area contributed by atoms with Gasteiger partial charge in [0.1, 0.15) is 5.82 Å². The molecule has 0 N–H and O–H groups in total. The number of hydrogen-bond acceptors (Lipinski definition) is 5. The lowest BCUT2D eigenvalue weighted by Crippen LogP contribution is -2.46. The molecule has 1 fully saturated rings. The van der Waals surface area contributed by atoms with Gasteiger partial charge < -0.3 is 14.4 Å². The minimum atomic E-state index is 0.0261. The molecular formula is C22H25N3O3. The number of likely N-dealkylation sites (tertiary alicyclic amines) is 1. The molecule has 1 aromatic carbocycles. The predicted octanol–water partition coefficient (Wildman–Crippen LogP) is 3.07. The van der Waals surface area contributed by atoms with E-state index in [4.69, 9.17) is 14.5 Å². The van der Waals surface area contributed by atoms with Gasteiger partial charge in [-0.25, -0.2) is 9.97 Å². The second-order valence-corrected chi connectivity index (χ2v) is 8.54. The maximum atomic E-state index is 12.6. The molecule has 1 aliphatic carbocycles. The van der Waals surface area contributed by atoms with Gasteiger partial charge in [-0.1, -0.05) is 13.0 Å². The Morgan fingerprint density at radius 3 is 3.00 bits per heavy atom. The van der Waals surface area contributed by atoms with Crippen LogP contribution in [0.25, 0.3) is 0 Å². The standard InChI is InChI=1S/C22H25N3O3/c1-22(10-15-5-6-18-19(9-15)28-14-27-18)8-7-21(26)25(13-22)12-20-23-11-16-3-2-4-17(16)24-20/h5-6,9,11H,2-4,7-8,10,12-14H2,1H3/t22-/m0/s1.